The van der Waals surface area contributed by atoms with Crippen molar-refractivity contribution in [3.8, 4) is 0 Å². The molecule has 0 fully saturated rings. The number of rotatable bonds is 7. The molecule has 26 heavy (non-hydrogen) atoms. The molecule has 0 spiro atoms. The fourth-order valence-electron chi connectivity index (χ4n) is 3.60. The molecular formula is C26H30. The van der Waals surface area contributed by atoms with E-state index in [2.05, 4.69) is 87.5 Å². The lowest BCUT2D eigenvalue weighted by molar-refractivity contribution is 0.787. The largest absolute Gasteiger partial charge is 0.0654 e. The summed E-state index contributed by atoms with van der Waals surface area (Å²) in [5.41, 5.74) is 10.1. The smallest absolute Gasteiger partial charge is 0.00204 e. The first-order valence-electron chi connectivity index (χ1n) is 9.87. The average molecular weight is 343 g/mol. The van der Waals surface area contributed by atoms with Gasteiger partial charge in [0.15, 0.2) is 0 Å². The fraction of sp³-hybridized carbons (Fsp3) is 0.308. The molecule has 0 unspecified atom stereocenters. The standard InChI is InChI=1S/C26H30/c1-4-5-12-25-18-22(17-23-13-8-6-10-20(23)2)15-16-26(25)19-24-14-9-7-11-21(24)3/h6-11,13-16,18H,4-5,12,17,19H2,1-3H3. The molecule has 3 rings (SSSR count). The summed E-state index contributed by atoms with van der Waals surface area (Å²) >= 11 is 0. The van der Waals surface area contributed by atoms with Crippen LogP contribution >= 0.6 is 0 Å². The average Bonchev–Trinajstić information content (AvgIpc) is 2.65. The van der Waals surface area contributed by atoms with Crippen molar-refractivity contribution in [1.29, 1.82) is 0 Å². The maximum atomic E-state index is 2.45. The molecule has 0 aliphatic carbocycles. The number of unbranched alkanes of at least 4 members (excludes halogenated alkanes) is 1. The van der Waals surface area contributed by atoms with Crippen LogP contribution in [0.15, 0.2) is 66.7 Å². The molecule has 0 saturated carbocycles. The van der Waals surface area contributed by atoms with Crippen LogP contribution in [0.4, 0.5) is 0 Å². The normalized spacial score (nSPS) is 10.9. The first-order valence-corrected chi connectivity index (χ1v) is 9.87. The van der Waals surface area contributed by atoms with E-state index in [4.69, 9.17) is 0 Å². The van der Waals surface area contributed by atoms with E-state index in [1.807, 2.05) is 0 Å². The van der Waals surface area contributed by atoms with E-state index < -0.39 is 0 Å². The summed E-state index contributed by atoms with van der Waals surface area (Å²) in [6, 6.07) is 24.6. The van der Waals surface area contributed by atoms with Crippen molar-refractivity contribution in [1.82, 2.24) is 0 Å². The van der Waals surface area contributed by atoms with Gasteiger partial charge in [-0.1, -0.05) is 80.1 Å². The van der Waals surface area contributed by atoms with Gasteiger partial charge < -0.3 is 0 Å². The summed E-state index contributed by atoms with van der Waals surface area (Å²) in [6.07, 6.45) is 5.74. The van der Waals surface area contributed by atoms with E-state index in [-0.39, 0.29) is 0 Å². The zero-order valence-corrected chi connectivity index (χ0v) is 16.4. The molecule has 0 heterocycles. The highest BCUT2D eigenvalue weighted by Crippen LogP contribution is 2.22. The van der Waals surface area contributed by atoms with Gasteiger partial charge in [-0.3, -0.25) is 0 Å². The zero-order valence-electron chi connectivity index (χ0n) is 16.4. The maximum absolute atomic E-state index is 2.45. The van der Waals surface area contributed by atoms with Gasteiger partial charge in [0.1, 0.15) is 0 Å². The van der Waals surface area contributed by atoms with Gasteiger partial charge in [-0.2, -0.15) is 0 Å². The third-order valence-corrected chi connectivity index (χ3v) is 5.37. The molecule has 0 nitrogen and oxygen atoms in total. The molecule has 0 atom stereocenters. The molecule has 0 aromatic heterocycles. The Labute approximate surface area is 158 Å². The zero-order chi connectivity index (χ0) is 18.4. The van der Waals surface area contributed by atoms with Gasteiger partial charge in [0.25, 0.3) is 0 Å². The van der Waals surface area contributed by atoms with E-state index in [1.54, 1.807) is 0 Å². The third-order valence-electron chi connectivity index (χ3n) is 5.37. The number of hydrogen-bond donors (Lipinski definition) is 0. The monoisotopic (exact) mass is 342 g/mol. The maximum Gasteiger partial charge on any atom is -0.00204 e. The van der Waals surface area contributed by atoms with E-state index in [0.717, 1.165) is 12.8 Å². The molecule has 3 aromatic rings. The molecule has 0 aliphatic rings. The van der Waals surface area contributed by atoms with Crippen LogP contribution in [0.5, 0.6) is 0 Å². The summed E-state index contributed by atoms with van der Waals surface area (Å²) in [4.78, 5) is 0. The van der Waals surface area contributed by atoms with Crippen molar-refractivity contribution in [2.75, 3.05) is 0 Å². The molecule has 0 saturated heterocycles. The van der Waals surface area contributed by atoms with Crippen LogP contribution in [0.25, 0.3) is 0 Å². The van der Waals surface area contributed by atoms with Gasteiger partial charge in [-0.25, -0.2) is 0 Å². The quantitative estimate of drug-likeness (QED) is 0.441. The minimum absolute atomic E-state index is 1.02. The highest BCUT2D eigenvalue weighted by atomic mass is 14.1. The van der Waals surface area contributed by atoms with Crippen molar-refractivity contribution < 1.29 is 0 Å². The fourth-order valence-corrected chi connectivity index (χ4v) is 3.60. The van der Waals surface area contributed by atoms with Crippen LogP contribution in [0, 0.1) is 13.8 Å². The van der Waals surface area contributed by atoms with Gasteiger partial charge >= 0.3 is 0 Å². The predicted molar refractivity (Wildman–Crippen MR) is 113 cm³/mol. The highest BCUT2D eigenvalue weighted by Gasteiger charge is 2.08. The van der Waals surface area contributed by atoms with E-state index in [9.17, 15) is 0 Å². The Kier molecular flexibility index (Phi) is 6.28. The van der Waals surface area contributed by atoms with Crippen molar-refractivity contribution in [2.24, 2.45) is 0 Å². The number of benzene rings is 3. The van der Waals surface area contributed by atoms with Gasteiger partial charge in [0.05, 0.1) is 0 Å². The molecular weight excluding hydrogens is 312 g/mol. The van der Waals surface area contributed by atoms with Crippen LogP contribution < -0.4 is 0 Å². The van der Waals surface area contributed by atoms with Crippen LogP contribution in [0.1, 0.15) is 58.7 Å². The predicted octanol–water partition coefficient (Wildman–Crippen LogP) is 6.83. The second-order valence-corrected chi connectivity index (χ2v) is 7.41. The van der Waals surface area contributed by atoms with Gasteiger partial charge in [-0.05, 0) is 78.5 Å². The molecule has 0 bridgehead atoms. The van der Waals surface area contributed by atoms with Gasteiger partial charge in [-0.15, -0.1) is 0 Å². The van der Waals surface area contributed by atoms with Crippen LogP contribution in [0.2, 0.25) is 0 Å². The van der Waals surface area contributed by atoms with E-state index in [1.165, 1.54) is 58.2 Å². The lowest BCUT2D eigenvalue weighted by Gasteiger charge is -2.14. The van der Waals surface area contributed by atoms with Crippen molar-refractivity contribution in [3.63, 3.8) is 0 Å². The molecule has 0 N–H and O–H groups in total. The third kappa shape index (κ3) is 4.64. The Bertz CT molecular complexity index is 857. The summed E-state index contributed by atoms with van der Waals surface area (Å²) in [6.45, 7) is 6.70. The van der Waals surface area contributed by atoms with Gasteiger partial charge in [0, 0.05) is 0 Å². The van der Waals surface area contributed by atoms with Crippen molar-refractivity contribution >= 4 is 0 Å². The molecule has 0 amide bonds. The molecule has 0 aliphatic heterocycles. The summed E-state index contributed by atoms with van der Waals surface area (Å²) in [5, 5.41) is 0. The van der Waals surface area contributed by atoms with E-state index >= 15 is 0 Å². The Morgan fingerprint density at radius 2 is 1.23 bits per heavy atom. The Morgan fingerprint density at radius 1 is 0.615 bits per heavy atom. The number of aryl methyl sites for hydroxylation is 3. The first kappa shape index (κ1) is 18.5. The lowest BCUT2D eigenvalue weighted by Crippen LogP contribution is -2.00. The molecule has 0 radical (unpaired) electrons. The van der Waals surface area contributed by atoms with Crippen LogP contribution in [-0.4, -0.2) is 0 Å². The lowest BCUT2D eigenvalue weighted by atomic mass is 9.91. The summed E-state index contributed by atoms with van der Waals surface area (Å²) in [7, 11) is 0. The molecule has 0 heteroatoms. The first-order chi connectivity index (χ1) is 12.7. The van der Waals surface area contributed by atoms with Gasteiger partial charge in [0.2, 0.25) is 0 Å². The SMILES string of the molecule is CCCCc1cc(Cc2ccccc2C)ccc1Cc1ccccc1C. The second kappa shape index (κ2) is 8.85. The number of hydrogen-bond acceptors (Lipinski definition) is 0. The van der Waals surface area contributed by atoms with Crippen molar-refractivity contribution in [3.05, 3.63) is 106 Å². The van der Waals surface area contributed by atoms with E-state index in [0.29, 0.717) is 0 Å². The Morgan fingerprint density at radius 3 is 1.85 bits per heavy atom. The summed E-state index contributed by atoms with van der Waals surface area (Å²) < 4.78 is 0. The Balaban J connectivity index is 1.88. The second-order valence-electron chi connectivity index (χ2n) is 7.41. The minimum atomic E-state index is 1.02. The molecule has 134 valence electrons. The topological polar surface area (TPSA) is 0 Å². The van der Waals surface area contributed by atoms with Crippen molar-refractivity contribution in [2.45, 2.75) is 52.9 Å². The minimum Gasteiger partial charge on any atom is -0.0654 e. The Hall–Kier alpha value is -2.34. The van der Waals surface area contributed by atoms with Crippen LogP contribution in [0.3, 0.4) is 0 Å². The molecule has 3 aromatic carbocycles. The highest BCUT2D eigenvalue weighted by molar-refractivity contribution is 5.40. The van der Waals surface area contributed by atoms with Crippen LogP contribution in [-0.2, 0) is 19.3 Å². The summed E-state index contributed by atoms with van der Waals surface area (Å²) in [5.74, 6) is 0.